The molecule has 0 spiro atoms. The number of nitrogens with two attached hydrogens (primary N) is 1. The molecule has 0 unspecified atom stereocenters. The van der Waals surface area contributed by atoms with Crippen molar-refractivity contribution < 1.29 is 0 Å². The highest BCUT2D eigenvalue weighted by Crippen LogP contribution is 2.01. The lowest BCUT2D eigenvalue weighted by Crippen LogP contribution is -1.95. The Morgan fingerprint density at radius 2 is 2.22 bits per heavy atom. The molecule has 47 valence electrons. The van der Waals surface area contributed by atoms with E-state index in [1.807, 2.05) is 24.3 Å². The van der Waals surface area contributed by atoms with Crippen molar-refractivity contribution in [3.63, 3.8) is 0 Å². The zero-order valence-corrected chi connectivity index (χ0v) is 5.30. The Bertz CT molecular complexity index is 194. The van der Waals surface area contributed by atoms with Crippen molar-refractivity contribution in [3.8, 4) is 0 Å². The molecular weight excluding hydrogens is 110 g/mol. The topological polar surface area (TPSA) is 26.0 Å². The van der Waals surface area contributed by atoms with Crippen molar-refractivity contribution in [1.82, 2.24) is 0 Å². The van der Waals surface area contributed by atoms with Crippen molar-refractivity contribution >= 4 is 0 Å². The summed E-state index contributed by atoms with van der Waals surface area (Å²) in [5, 5.41) is 0. The van der Waals surface area contributed by atoms with Crippen LogP contribution in [0.25, 0.3) is 0 Å². The molecular formula is C8H10N. The molecule has 0 aromatic heterocycles. The van der Waals surface area contributed by atoms with E-state index in [0.29, 0.717) is 6.54 Å². The Kier molecular flexibility index (Phi) is 1.85. The van der Waals surface area contributed by atoms with Crippen LogP contribution in [0.1, 0.15) is 11.1 Å². The van der Waals surface area contributed by atoms with E-state index in [9.17, 15) is 0 Å². The first-order valence-electron chi connectivity index (χ1n) is 2.94. The summed E-state index contributed by atoms with van der Waals surface area (Å²) in [6.45, 7) is 4.37. The lowest BCUT2D eigenvalue weighted by molar-refractivity contribution is 1.07. The summed E-state index contributed by atoms with van der Waals surface area (Å²) in [4.78, 5) is 0. The predicted molar refractivity (Wildman–Crippen MR) is 38.8 cm³/mol. The highest BCUT2D eigenvalue weighted by atomic mass is 14.5. The molecule has 0 bridgehead atoms. The molecule has 0 aliphatic carbocycles. The molecule has 0 aliphatic rings. The normalized spacial score (nSPS) is 9.56. The van der Waals surface area contributed by atoms with Gasteiger partial charge in [-0.3, -0.25) is 0 Å². The Morgan fingerprint density at radius 3 is 2.67 bits per heavy atom. The first kappa shape index (κ1) is 6.30. The van der Waals surface area contributed by atoms with Crippen LogP contribution < -0.4 is 5.73 Å². The molecule has 9 heavy (non-hydrogen) atoms. The van der Waals surface area contributed by atoms with Crippen LogP contribution in [0.15, 0.2) is 24.3 Å². The summed E-state index contributed by atoms with van der Waals surface area (Å²) in [7, 11) is 0. The molecule has 1 nitrogen and oxygen atoms in total. The number of hydrogen-bond donors (Lipinski definition) is 1. The third-order valence-electron chi connectivity index (χ3n) is 1.23. The summed E-state index contributed by atoms with van der Waals surface area (Å²) in [5.74, 6) is 0. The fraction of sp³-hybridized carbons (Fsp3) is 0.125. The molecule has 0 saturated heterocycles. The highest BCUT2D eigenvalue weighted by Gasteiger charge is 1.86. The molecule has 1 aromatic rings. The Hall–Kier alpha value is -0.820. The van der Waals surface area contributed by atoms with Crippen LogP contribution in [0.5, 0.6) is 0 Å². The van der Waals surface area contributed by atoms with Gasteiger partial charge in [-0.25, -0.2) is 0 Å². The van der Waals surface area contributed by atoms with Gasteiger partial charge in [-0.2, -0.15) is 0 Å². The minimum Gasteiger partial charge on any atom is -0.326 e. The van der Waals surface area contributed by atoms with Crippen LogP contribution in [0, 0.1) is 6.92 Å². The van der Waals surface area contributed by atoms with E-state index in [1.165, 1.54) is 0 Å². The Labute approximate surface area is 55.5 Å². The van der Waals surface area contributed by atoms with E-state index in [4.69, 9.17) is 5.73 Å². The van der Waals surface area contributed by atoms with Gasteiger partial charge in [0.05, 0.1) is 0 Å². The van der Waals surface area contributed by atoms with Gasteiger partial charge < -0.3 is 5.73 Å². The largest absolute Gasteiger partial charge is 0.326 e. The maximum atomic E-state index is 5.39. The average Bonchev–Trinajstić information content (AvgIpc) is 1.88. The minimum atomic E-state index is 0.601. The third-order valence-corrected chi connectivity index (χ3v) is 1.23. The minimum absolute atomic E-state index is 0.601. The monoisotopic (exact) mass is 120 g/mol. The maximum Gasteiger partial charge on any atom is 0.0178 e. The van der Waals surface area contributed by atoms with Crippen molar-refractivity contribution in [2.75, 3.05) is 0 Å². The summed E-state index contributed by atoms with van der Waals surface area (Å²) < 4.78 is 0. The van der Waals surface area contributed by atoms with Gasteiger partial charge in [0.15, 0.2) is 0 Å². The molecule has 1 radical (unpaired) electrons. The first-order chi connectivity index (χ1) is 4.33. The van der Waals surface area contributed by atoms with E-state index in [1.54, 1.807) is 0 Å². The molecule has 1 rings (SSSR count). The molecule has 0 saturated carbocycles. The molecule has 0 heterocycles. The maximum absolute atomic E-state index is 5.39. The SMILES string of the molecule is [CH2]c1cccc(CN)c1. The van der Waals surface area contributed by atoms with E-state index in [2.05, 4.69) is 6.92 Å². The summed E-state index contributed by atoms with van der Waals surface area (Å²) in [5.41, 5.74) is 7.56. The summed E-state index contributed by atoms with van der Waals surface area (Å²) in [6.07, 6.45) is 0. The summed E-state index contributed by atoms with van der Waals surface area (Å²) >= 11 is 0. The van der Waals surface area contributed by atoms with E-state index in [-0.39, 0.29) is 0 Å². The number of hydrogen-bond acceptors (Lipinski definition) is 1. The molecule has 0 amide bonds. The fourth-order valence-electron chi connectivity index (χ4n) is 0.757. The van der Waals surface area contributed by atoms with Crippen LogP contribution in [-0.2, 0) is 6.54 Å². The highest BCUT2D eigenvalue weighted by molar-refractivity contribution is 5.24. The number of rotatable bonds is 1. The number of benzene rings is 1. The fourth-order valence-corrected chi connectivity index (χ4v) is 0.757. The standard InChI is InChI=1S/C8H10N/c1-7-3-2-4-8(5-7)6-9/h2-5H,1,6,9H2. The van der Waals surface area contributed by atoms with Crippen molar-refractivity contribution in [1.29, 1.82) is 0 Å². The van der Waals surface area contributed by atoms with Gasteiger partial charge in [0.2, 0.25) is 0 Å². The molecule has 1 heteroatoms. The van der Waals surface area contributed by atoms with Crippen molar-refractivity contribution in [2.24, 2.45) is 5.73 Å². The Morgan fingerprint density at radius 1 is 1.44 bits per heavy atom. The van der Waals surface area contributed by atoms with Crippen molar-refractivity contribution in [3.05, 3.63) is 42.3 Å². The van der Waals surface area contributed by atoms with Gasteiger partial charge in [-0.1, -0.05) is 24.3 Å². The Balaban J connectivity index is 2.94. The first-order valence-corrected chi connectivity index (χ1v) is 2.94. The van der Waals surface area contributed by atoms with Crippen LogP contribution in [0.4, 0.5) is 0 Å². The van der Waals surface area contributed by atoms with Crippen LogP contribution in [0.2, 0.25) is 0 Å². The van der Waals surface area contributed by atoms with Crippen LogP contribution in [0.3, 0.4) is 0 Å². The molecule has 0 atom stereocenters. The molecule has 0 fully saturated rings. The van der Waals surface area contributed by atoms with E-state index < -0.39 is 0 Å². The molecule has 2 N–H and O–H groups in total. The third kappa shape index (κ3) is 1.54. The van der Waals surface area contributed by atoms with Crippen LogP contribution >= 0.6 is 0 Å². The van der Waals surface area contributed by atoms with E-state index in [0.717, 1.165) is 11.1 Å². The second kappa shape index (κ2) is 2.65. The van der Waals surface area contributed by atoms with E-state index >= 15 is 0 Å². The second-order valence-electron chi connectivity index (χ2n) is 2.02. The van der Waals surface area contributed by atoms with Gasteiger partial charge in [-0.05, 0) is 18.1 Å². The van der Waals surface area contributed by atoms with Crippen LogP contribution in [-0.4, -0.2) is 0 Å². The zero-order chi connectivity index (χ0) is 6.69. The predicted octanol–water partition coefficient (Wildman–Crippen LogP) is 1.33. The average molecular weight is 120 g/mol. The zero-order valence-electron chi connectivity index (χ0n) is 5.30. The van der Waals surface area contributed by atoms with Gasteiger partial charge in [0.25, 0.3) is 0 Å². The van der Waals surface area contributed by atoms with Gasteiger partial charge in [-0.15, -0.1) is 0 Å². The summed E-state index contributed by atoms with van der Waals surface area (Å²) in [6, 6.07) is 7.90. The van der Waals surface area contributed by atoms with Gasteiger partial charge in [0.1, 0.15) is 0 Å². The van der Waals surface area contributed by atoms with Gasteiger partial charge >= 0.3 is 0 Å². The lowest BCUT2D eigenvalue weighted by Gasteiger charge is -1.95. The second-order valence-corrected chi connectivity index (χ2v) is 2.02. The molecule has 1 aromatic carbocycles. The quantitative estimate of drug-likeness (QED) is 0.594. The molecule has 0 aliphatic heterocycles. The lowest BCUT2D eigenvalue weighted by atomic mass is 10.1. The van der Waals surface area contributed by atoms with Gasteiger partial charge in [0, 0.05) is 6.54 Å². The van der Waals surface area contributed by atoms with Crippen molar-refractivity contribution in [2.45, 2.75) is 6.54 Å². The smallest absolute Gasteiger partial charge is 0.0178 e.